The number of amides is 1. The van der Waals surface area contributed by atoms with E-state index in [1.807, 2.05) is 36.1 Å². The Balaban J connectivity index is 1.65. The molecule has 1 aliphatic heterocycles. The summed E-state index contributed by atoms with van der Waals surface area (Å²) in [6, 6.07) is 9.14. The van der Waals surface area contributed by atoms with Crippen molar-refractivity contribution in [3.05, 3.63) is 46.7 Å². The average molecular weight is 320 g/mol. The van der Waals surface area contributed by atoms with E-state index in [1.165, 1.54) is 0 Å². The van der Waals surface area contributed by atoms with Crippen LogP contribution in [0, 0.1) is 6.92 Å². The van der Waals surface area contributed by atoms with Gasteiger partial charge in [-0.05, 0) is 31.2 Å². The molecule has 0 saturated carbocycles. The first kappa shape index (κ1) is 14.9. The first-order valence-corrected chi connectivity index (χ1v) is 7.63. The zero-order valence-corrected chi connectivity index (χ0v) is 13.4. The highest BCUT2D eigenvalue weighted by Crippen LogP contribution is 2.22. The van der Waals surface area contributed by atoms with Gasteiger partial charge in [-0.3, -0.25) is 9.48 Å². The van der Waals surface area contributed by atoms with E-state index in [0.717, 1.165) is 17.9 Å². The molecule has 3 rings (SSSR count). The SMILES string of the molecule is Cc1cc(C(=O)N2CC[C@@H](Oc3cccc(Cl)c3)C2)n(C)n1. The van der Waals surface area contributed by atoms with Crippen molar-refractivity contribution < 1.29 is 9.53 Å². The van der Waals surface area contributed by atoms with Crippen molar-refractivity contribution in [2.45, 2.75) is 19.4 Å². The van der Waals surface area contributed by atoms with E-state index in [0.29, 0.717) is 23.8 Å². The van der Waals surface area contributed by atoms with E-state index in [4.69, 9.17) is 16.3 Å². The highest BCUT2D eigenvalue weighted by molar-refractivity contribution is 6.30. The van der Waals surface area contributed by atoms with Gasteiger partial charge in [-0.15, -0.1) is 0 Å². The molecule has 0 bridgehead atoms. The first-order chi connectivity index (χ1) is 10.5. The van der Waals surface area contributed by atoms with E-state index in [1.54, 1.807) is 17.8 Å². The standard InChI is InChI=1S/C16H18ClN3O2/c1-11-8-15(19(2)18-11)16(21)20-7-6-14(10-20)22-13-5-3-4-12(17)9-13/h3-5,8-9,14H,6-7,10H2,1-2H3/t14-/m1/s1. The summed E-state index contributed by atoms with van der Waals surface area (Å²) in [6.07, 6.45) is 0.812. The maximum atomic E-state index is 12.5. The lowest BCUT2D eigenvalue weighted by atomic mass is 10.3. The lowest BCUT2D eigenvalue weighted by Crippen LogP contribution is -2.32. The molecule has 5 nitrogen and oxygen atoms in total. The Bertz CT molecular complexity index is 698. The quantitative estimate of drug-likeness (QED) is 0.874. The zero-order valence-electron chi connectivity index (χ0n) is 12.6. The molecule has 1 amide bonds. The Morgan fingerprint density at radius 1 is 1.41 bits per heavy atom. The van der Waals surface area contributed by atoms with Crippen LogP contribution in [0.3, 0.4) is 0 Å². The first-order valence-electron chi connectivity index (χ1n) is 7.25. The Morgan fingerprint density at radius 3 is 2.91 bits per heavy atom. The van der Waals surface area contributed by atoms with Crippen molar-refractivity contribution in [3.8, 4) is 5.75 Å². The van der Waals surface area contributed by atoms with Gasteiger partial charge in [-0.2, -0.15) is 5.10 Å². The molecular formula is C16H18ClN3O2. The lowest BCUT2D eigenvalue weighted by Gasteiger charge is -2.17. The van der Waals surface area contributed by atoms with E-state index < -0.39 is 0 Å². The van der Waals surface area contributed by atoms with Crippen LogP contribution in [0.2, 0.25) is 5.02 Å². The number of rotatable bonds is 3. The second-order valence-corrected chi connectivity index (χ2v) is 5.97. The number of carbonyl (C=O) groups excluding carboxylic acids is 1. The summed E-state index contributed by atoms with van der Waals surface area (Å²) >= 11 is 5.95. The molecule has 116 valence electrons. The van der Waals surface area contributed by atoms with Gasteiger partial charge in [0.15, 0.2) is 0 Å². The largest absolute Gasteiger partial charge is 0.488 e. The normalized spacial score (nSPS) is 17.8. The monoisotopic (exact) mass is 319 g/mol. The number of carbonyl (C=O) groups is 1. The number of aryl methyl sites for hydroxylation is 2. The van der Waals surface area contributed by atoms with Crippen molar-refractivity contribution in [2.75, 3.05) is 13.1 Å². The predicted molar refractivity (Wildman–Crippen MR) is 84.3 cm³/mol. The molecule has 1 saturated heterocycles. The number of nitrogens with zero attached hydrogens (tertiary/aromatic N) is 3. The Labute approximate surface area is 134 Å². The van der Waals surface area contributed by atoms with E-state index in [-0.39, 0.29) is 12.0 Å². The molecule has 2 aromatic rings. The lowest BCUT2D eigenvalue weighted by molar-refractivity contribution is 0.0761. The van der Waals surface area contributed by atoms with Gasteiger partial charge in [0.2, 0.25) is 0 Å². The molecule has 0 spiro atoms. The van der Waals surface area contributed by atoms with E-state index in [2.05, 4.69) is 5.10 Å². The minimum Gasteiger partial charge on any atom is -0.488 e. The number of hydrogen-bond acceptors (Lipinski definition) is 3. The Morgan fingerprint density at radius 2 is 2.23 bits per heavy atom. The van der Waals surface area contributed by atoms with Crippen LogP contribution in [0.5, 0.6) is 5.75 Å². The van der Waals surface area contributed by atoms with E-state index >= 15 is 0 Å². The third-order valence-corrected chi connectivity index (χ3v) is 3.99. The number of ether oxygens (including phenoxy) is 1. The smallest absolute Gasteiger partial charge is 0.272 e. The van der Waals surface area contributed by atoms with Crippen LogP contribution in [0.25, 0.3) is 0 Å². The summed E-state index contributed by atoms with van der Waals surface area (Å²) in [6.45, 7) is 3.15. The van der Waals surface area contributed by atoms with Crippen LogP contribution < -0.4 is 4.74 Å². The molecule has 0 N–H and O–H groups in total. The average Bonchev–Trinajstić information content (AvgIpc) is 3.05. The van der Waals surface area contributed by atoms with Crippen molar-refractivity contribution in [3.63, 3.8) is 0 Å². The molecule has 1 aliphatic rings. The molecule has 1 atom stereocenters. The maximum absolute atomic E-state index is 12.5. The van der Waals surface area contributed by atoms with Gasteiger partial charge >= 0.3 is 0 Å². The summed E-state index contributed by atoms with van der Waals surface area (Å²) in [4.78, 5) is 14.3. The second-order valence-electron chi connectivity index (χ2n) is 5.53. The maximum Gasteiger partial charge on any atom is 0.272 e. The second kappa shape index (κ2) is 6.01. The minimum atomic E-state index is -0.00302. The van der Waals surface area contributed by atoms with Crippen LogP contribution in [0.4, 0.5) is 0 Å². The molecule has 1 fully saturated rings. The summed E-state index contributed by atoms with van der Waals surface area (Å²) in [7, 11) is 1.79. The molecule has 0 radical (unpaired) electrons. The van der Waals surface area contributed by atoms with Crippen molar-refractivity contribution >= 4 is 17.5 Å². The van der Waals surface area contributed by atoms with Gasteiger partial charge in [-0.1, -0.05) is 17.7 Å². The van der Waals surface area contributed by atoms with Crippen LogP contribution in [-0.4, -0.2) is 39.8 Å². The fourth-order valence-corrected chi connectivity index (χ4v) is 2.89. The van der Waals surface area contributed by atoms with Gasteiger partial charge < -0.3 is 9.64 Å². The third kappa shape index (κ3) is 3.09. The third-order valence-electron chi connectivity index (χ3n) is 3.75. The Kier molecular flexibility index (Phi) is 4.07. The molecule has 2 heterocycles. The molecule has 0 aliphatic carbocycles. The van der Waals surface area contributed by atoms with Crippen LogP contribution in [0.1, 0.15) is 22.6 Å². The van der Waals surface area contributed by atoms with Crippen LogP contribution in [-0.2, 0) is 7.05 Å². The fraction of sp³-hybridized carbons (Fsp3) is 0.375. The van der Waals surface area contributed by atoms with Gasteiger partial charge in [0, 0.05) is 25.0 Å². The molecular weight excluding hydrogens is 302 g/mol. The van der Waals surface area contributed by atoms with Crippen molar-refractivity contribution in [1.29, 1.82) is 0 Å². The number of hydrogen-bond donors (Lipinski definition) is 0. The fourth-order valence-electron chi connectivity index (χ4n) is 2.71. The van der Waals surface area contributed by atoms with Crippen LogP contribution in [0.15, 0.2) is 30.3 Å². The molecule has 1 aromatic carbocycles. The number of benzene rings is 1. The summed E-state index contributed by atoms with van der Waals surface area (Å²) < 4.78 is 7.53. The minimum absolute atomic E-state index is 0.000272. The molecule has 1 aromatic heterocycles. The number of aromatic nitrogens is 2. The zero-order chi connectivity index (χ0) is 15.7. The summed E-state index contributed by atoms with van der Waals surface area (Å²) in [5, 5.41) is 4.87. The topological polar surface area (TPSA) is 47.4 Å². The van der Waals surface area contributed by atoms with Crippen LogP contribution >= 0.6 is 11.6 Å². The Hall–Kier alpha value is -2.01. The summed E-state index contributed by atoms with van der Waals surface area (Å²) in [5.41, 5.74) is 1.46. The molecule has 0 unspecified atom stereocenters. The van der Waals surface area contributed by atoms with E-state index in [9.17, 15) is 4.79 Å². The molecule has 6 heteroatoms. The van der Waals surface area contributed by atoms with Gasteiger partial charge in [0.25, 0.3) is 5.91 Å². The van der Waals surface area contributed by atoms with Gasteiger partial charge in [-0.25, -0.2) is 0 Å². The highest BCUT2D eigenvalue weighted by atomic mass is 35.5. The molecule has 22 heavy (non-hydrogen) atoms. The summed E-state index contributed by atoms with van der Waals surface area (Å²) in [5.74, 6) is 0.739. The number of likely N-dealkylation sites (tertiary alicyclic amines) is 1. The van der Waals surface area contributed by atoms with Crippen molar-refractivity contribution in [1.82, 2.24) is 14.7 Å². The van der Waals surface area contributed by atoms with Gasteiger partial charge in [0.05, 0.1) is 12.2 Å². The highest BCUT2D eigenvalue weighted by Gasteiger charge is 2.29. The predicted octanol–water partition coefficient (Wildman–Crippen LogP) is 2.68. The van der Waals surface area contributed by atoms with Crippen molar-refractivity contribution in [2.24, 2.45) is 7.05 Å². The number of halogens is 1. The van der Waals surface area contributed by atoms with Gasteiger partial charge in [0.1, 0.15) is 17.5 Å².